The topological polar surface area (TPSA) is 35.0 Å². The van der Waals surface area contributed by atoms with Gasteiger partial charge in [-0.15, -0.1) is 11.6 Å². The number of alkyl halides is 1. The normalized spacial score (nSPS) is 13.6. The number of rotatable bonds is 4. The van der Waals surface area contributed by atoms with Gasteiger partial charge in [0, 0.05) is 18.0 Å². The Morgan fingerprint density at radius 2 is 2.06 bits per heavy atom. The maximum absolute atomic E-state index is 6.31. The number of ether oxygens (including phenoxy) is 1. The molecule has 1 atom stereocenters. The highest BCUT2D eigenvalue weighted by molar-refractivity contribution is 6.21. The molecule has 4 heteroatoms. The first-order chi connectivity index (χ1) is 7.43. The SMILES string of the molecule is CCOc1cncc(CC(Cl)C(C)(C)C)n1. The van der Waals surface area contributed by atoms with E-state index < -0.39 is 0 Å². The number of aromatic nitrogens is 2. The summed E-state index contributed by atoms with van der Waals surface area (Å²) < 4.78 is 5.30. The smallest absolute Gasteiger partial charge is 0.232 e. The molecule has 90 valence electrons. The second kappa shape index (κ2) is 5.48. The van der Waals surface area contributed by atoms with E-state index in [1.54, 1.807) is 12.4 Å². The summed E-state index contributed by atoms with van der Waals surface area (Å²) in [6, 6.07) is 0. The third-order valence-electron chi connectivity index (χ3n) is 2.28. The van der Waals surface area contributed by atoms with Crippen LogP contribution in [0.2, 0.25) is 0 Å². The summed E-state index contributed by atoms with van der Waals surface area (Å²) in [6.45, 7) is 8.87. The van der Waals surface area contributed by atoms with Gasteiger partial charge in [-0.25, -0.2) is 4.98 Å². The largest absolute Gasteiger partial charge is 0.477 e. The van der Waals surface area contributed by atoms with Crippen molar-refractivity contribution in [3.05, 3.63) is 18.1 Å². The molecule has 0 radical (unpaired) electrons. The average molecular weight is 243 g/mol. The van der Waals surface area contributed by atoms with Crippen LogP contribution in [-0.4, -0.2) is 22.0 Å². The van der Waals surface area contributed by atoms with Gasteiger partial charge in [-0.05, 0) is 12.3 Å². The molecule has 1 rings (SSSR count). The molecular weight excluding hydrogens is 224 g/mol. The fourth-order valence-corrected chi connectivity index (χ4v) is 1.35. The molecule has 1 heterocycles. The van der Waals surface area contributed by atoms with Crippen molar-refractivity contribution in [2.75, 3.05) is 6.61 Å². The Morgan fingerprint density at radius 1 is 1.38 bits per heavy atom. The lowest BCUT2D eigenvalue weighted by atomic mass is 9.89. The summed E-state index contributed by atoms with van der Waals surface area (Å²) in [5.41, 5.74) is 0.936. The molecule has 0 spiro atoms. The standard InChI is InChI=1S/C12H19ClN2O/c1-5-16-11-8-14-7-9(15-11)6-10(13)12(2,3)4/h7-8,10H,5-6H2,1-4H3. The zero-order valence-electron chi connectivity index (χ0n) is 10.3. The Bertz CT molecular complexity index is 336. The summed E-state index contributed by atoms with van der Waals surface area (Å²) in [6.07, 6.45) is 4.07. The van der Waals surface area contributed by atoms with Gasteiger partial charge < -0.3 is 4.74 Å². The van der Waals surface area contributed by atoms with E-state index in [9.17, 15) is 0 Å². The minimum atomic E-state index is 0.0404. The second-order valence-electron chi connectivity index (χ2n) is 4.82. The second-order valence-corrected chi connectivity index (χ2v) is 5.35. The Labute approximate surface area is 102 Å². The van der Waals surface area contributed by atoms with E-state index in [0.29, 0.717) is 18.9 Å². The summed E-state index contributed by atoms with van der Waals surface area (Å²) in [5, 5.41) is 0.0404. The van der Waals surface area contributed by atoms with Crippen LogP contribution in [0.3, 0.4) is 0 Å². The molecule has 0 fully saturated rings. The third-order valence-corrected chi connectivity index (χ3v) is 3.09. The van der Waals surface area contributed by atoms with E-state index in [2.05, 4.69) is 30.7 Å². The molecule has 0 amide bonds. The van der Waals surface area contributed by atoms with E-state index >= 15 is 0 Å². The maximum Gasteiger partial charge on any atom is 0.232 e. The Kier molecular flexibility index (Phi) is 4.54. The lowest BCUT2D eigenvalue weighted by Crippen LogP contribution is -2.23. The van der Waals surface area contributed by atoms with Crippen molar-refractivity contribution in [1.29, 1.82) is 0 Å². The molecule has 1 aromatic heterocycles. The molecular formula is C12H19ClN2O. The van der Waals surface area contributed by atoms with E-state index in [4.69, 9.17) is 16.3 Å². The van der Waals surface area contributed by atoms with Gasteiger partial charge in [0.1, 0.15) is 0 Å². The molecule has 0 aliphatic heterocycles. The van der Waals surface area contributed by atoms with Crippen LogP contribution < -0.4 is 4.74 Å². The number of hydrogen-bond donors (Lipinski definition) is 0. The van der Waals surface area contributed by atoms with E-state index in [0.717, 1.165) is 5.69 Å². The Hall–Kier alpha value is -0.830. The van der Waals surface area contributed by atoms with Gasteiger partial charge in [-0.3, -0.25) is 4.98 Å². The maximum atomic E-state index is 6.31. The minimum Gasteiger partial charge on any atom is -0.477 e. The summed E-state index contributed by atoms with van der Waals surface area (Å²) >= 11 is 6.31. The molecule has 0 aliphatic carbocycles. The highest BCUT2D eigenvalue weighted by Gasteiger charge is 2.23. The average Bonchev–Trinajstić information content (AvgIpc) is 2.17. The fourth-order valence-electron chi connectivity index (χ4n) is 1.19. The van der Waals surface area contributed by atoms with E-state index in [-0.39, 0.29) is 10.8 Å². The van der Waals surface area contributed by atoms with Crippen LogP contribution in [-0.2, 0) is 6.42 Å². The first-order valence-corrected chi connectivity index (χ1v) is 5.95. The first kappa shape index (κ1) is 13.2. The van der Waals surface area contributed by atoms with Crippen LogP contribution in [0.25, 0.3) is 0 Å². The van der Waals surface area contributed by atoms with Crippen molar-refractivity contribution in [1.82, 2.24) is 9.97 Å². The van der Waals surface area contributed by atoms with Crippen molar-refractivity contribution in [3.8, 4) is 5.88 Å². The van der Waals surface area contributed by atoms with E-state index in [1.807, 2.05) is 6.92 Å². The molecule has 0 saturated heterocycles. The van der Waals surface area contributed by atoms with Gasteiger partial charge in [0.2, 0.25) is 5.88 Å². The molecule has 1 unspecified atom stereocenters. The van der Waals surface area contributed by atoms with Crippen molar-refractivity contribution >= 4 is 11.6 Å². The monoisotopic (exact) mass is 242 g/mol. The van der Waals surface area contributed by atoms with Gasteiger partial charge >= 0.3 is 0 Å². The van der Waals surface area contributed by atoms with Crippen LogP contribution in [0, 0.1) is 5.41 Å². The lowest BCUT2D eigenvalue weighted by Gasteiger charge is -2.24. The molecule has 1 aromatic rings. The summed E-state index contributed by atoms with van der Waals surface area (Å²) in [4.78, 5) is 8.44. The number of halogens is 1. The van der Waals surface area contributed by atoms with Gasteiger partial charge in [-0.2, -0.15) is 0 Å². The van der Waals surface area contributed by atoms with Crippen LogP contribution in [0.1, 0.15) is 33.4 Å². The molecule has 0 saturated carbocycles. The van der Waals surface area contributed by atoms with Gasteiger partial charge in [0.25, 0.3) is 0 Å². The molecule has 3 nitrogen and oxygen atoms in total. The zero-order valence-corrected chi connectivity index (χ0v) is 11.1. The quantitative estimate of drug-likeness (QED) is 0.762. The highest BCUT2D eigenvalue weighted by Crippen LogP contribution is 2.27. The van der Waals surface area contributed by atoms with Crippen molar-refractivity contribution in [3.63, 3.8) is 0 Å². The van der Waals surface area contributed by atoms with Crippen molar-refractivity contribution in [2.24, 2.45) is 5.41 Å². The van der Waals surface area contributed by atoms with Crippen LogP contribution in [0.4, 0.5) is 0 Å². The first-order valence-electron chi connectivity index (χ1n) is 5.51. The fraction of sp³-hybridized carbons (Fsp3) is 0.667. The van der Waals surface area contributed by atoms with Crippen LogP contribution >= 0.6 is 11.6 Å². The van der Waals surface area contributed by atoms with Gasteiger partial charge in [-0.1, -0.05) is 20.8 Å². The Morgan fingerprint density at radius 3 is 2.62 bits per heavy atom. The van der Waals surface area contributed by atoms with Crippen molar-refractivity contribution < 1.29 is 4.74 Å². The van der Waals surface area contributed by atoms with Crippen LogP contribution in [0.15, 0.2) is 12.4 Å². The zero-order chi connectivity index (χ0) is 12.2. The summed E-state index contributed by atoms with van der Waals surface area (Å²) in [7, 11) is 0. The van der Waals surface area contributed by atoms with Crippen molar-refractivity contribution in [2.45, 2.75) is 39.5 Å². The Balaban J connectivity index is 2.70. The van der Waals surface area contributed by atoms with Gasteiger partial charge in [0.15, 0.2) is 0 Å². The highest BCUT2D eigenvalue weighted by atomic mass is 35.5. The lowest BCUT2D eigenvalue weighted by molar-refractivity contribution is 0.322. The van der Waals surface area contributed by atoms with E-state index in [1.165, 1.54) is 0 Å². The molecule has 0 N–H and O–H groups in total. The van der Waals surface area contributed by atoms with Crippen LogP contribution in [0.5, 0.6) is 5.88 Å². The minimum absolute atomic E-state index is 0.0404. The number of nitrogens with zero attached hydrogens (tertiary/aromatic N) is 2. The van der Waals surface area contributed by atoms with Gasteiger partial charge in [0.05, 0.1) is 18.5 Å². The molecule has 16 heavy (non-hydrogen) atoms. The predicted octanol–water partition coefficient (Wildman–Crippen LogP) is 3.07. The predicted molar refractivity (Wildman–Crippen MR) is 66.0 cm³/mol. The molecule has 0 aromatic carbocycles. The molecule has 0 bridgehead atoms. The number of hydrogen-bond acceptors (Lipinski definition) is 3. The summed E-state index contributed by atoms with van der Waals surface area (Å²) in [5.74, 6) is 0.567. The third kappa shape index (κ3) is 3.97. The molecule has 0 aliphatic rings.